The number of pyridine rings is 1. The topological polar surface area (TPSA) is 127 Å². The molecule has 0 aliphatic carbocycles. The van der Waals surface area contributed by atoms with E-state index in [1.807, 2.05) is 6.92 Å². The van der Waals surface area contributed by atoms with Crippen molar-refractivity contribution >= 4 is 33.4 Å². The SMILES string of the molecule is CCOC(=O)C[C@@H](C)NC(=O)C[C@H]1CC(CCCN(c2ccccn2)S(=O)(=O)c2ccc(C)cc2)=NO1. The van der Waals surface area contributed by atoms with Crippen molar-refractivity contribution in [3.05, 3.63) is 54.2 Å². The van der Waals surface area contributed by atoms with Crippen molar-refractivity contribution < 1.29 is 27.6 Å². The van der Waals surface area contributed by atoms with Crippen LogP contribution in [0.3, 0.4) is 0 Å². The second kappa shape index (κ2) is 13.2. The first kappa shape index (κ1) is 28.1. The van der Waals surface area contributed by atoms with Crippen LogP contribution in [0.15, 0.2) is 58.7 Å². The van der Waals surface area contributed by atoms with Gasteiger partial charge < -0.3 is 14.9 Å². The minimum atomic E-state index is -3.80. The molecule has 1 amide bonds. The first-order valence-electron chi connectivity index (χ1n) is 12.4. The second-order valence-corrected chi connectivity index (χ2v) is 10.8. The fourth-order valence-electron chi connectivity index (χ4n) is 3.93. The van der Waals surface area contributed by atoms with Crippen LogP contribution in [-0.4, -0.2) is 56.3 Å². The highest BCUT2D eigenvalue weighted by Crippen LogP contribution is 2.24. The summed E-state index contributed by atoms with van der Waals surface area (Å²) in [6, 6.07) is 11.5. The molecule has 11 heteroatoms. The van der Waals surface area contributed by atoms with Crippen LogP contribution in [0.2, 0.25) is 0 Å². The van der Waals surface area contributed by atoms with Crippen molar-refractivity contribution in [1.29, 1.82) is 0 Å². The molecule has 0 saturated carbocycles. The Kier molecular flexibility index (Phi) is 10.0. The number of benzene rings is 1. The Morgan fingerprint density at radius 2 is 1.97 bits per heavy atom. The number of oxime groups is 1. The van der Waals surface area contributed by atoms with E-state index in [2.05, 4.69) is 15.5 Å². The van der Waals surface area contributed by atoms with Crippen molar-refractivity contribution in [1.82, 2.24) is 10.3 Å². The average Bonchev–Trinajstić information content (AvgIpc) is 3.29. The van der Waals surface area contributed by atoms with Gasteiger partial charge in [0.15, 0.2) is 0 Å². The summed E-state index contributed by atoms with van der Waals surface area (Å²) in [5, 5.41) is 6.87. The molecule has 2 aromatic rings. The lowest BCUT2D eigenvalue weighted by atomic mass is 10.1. The van der Waals surface area contributed by atoms with Gasteiger partial charge in [0, 0.05) is 25.2 Å². The number of hydrogen-bond donors (Lipinski definition) is 1. The van der Waals surface area contributed by atoms with Gasteiger partial charge in [-0.1, -0.05) is 28.9 Å². The molecular weight excluding hydrogens is 496 g/mol. The lowest BCUT2D eigenvalue weighted by molar-refractivity contribution is -0.143. The zero-order valence-electron chi connectivity index (χ0n) is 21.4. The van der Waals surface area contributed by atoms with Crippen LogP contribution in [0.1, 0.15) is 51.5 Å². The number of carbonyl (C=O) groups excluding carboxylic acids is 2. The largest absolute Gasteiger partial charge is 0.466 e. The molecule has 0 unspecified atom stereocenters. The third-order valence-electron chi connectivity index (χ3n) is 5.73. The number of hydrogen-bond acceptors (Lipinski definition) is 8. The van der Waals surface area contributed by atoms with Crippen molar-refractivity contribution in [2.24, 2.45) is 5.16 Å². The Hall–Kier alpha value is -3.47. The highest BCUT2D eigenvalue weighted by Gasteiger charge is 2.28. The Morgan fingerprint density at radius 1 is 1.22 bits per heavy atom. The van der Waals surface area contributed by atoms with E-state index in [9.17, 15) is 18.0 Å². The summed E-state index contributed by atoms with van der Waals surface area (Å²) >= 11 is 0. The quantitative estimate of drug-likeness (QED) is 0.393. The molecule has 200 valence electrons. The summed E-state index contributed by atoms with van der Waals surface area (Å²) in [4.78, 5) is 33.7. The standard InChI is InChI=1S/C26H34N4O6S/c1-4-35-26(32)16-20(3)28-25(31)18-22-17-21(29-36-22)8-7-15-30(24-9-5-6-14-27-24)37(33,34)23-12-10-19(2)11-13-23/h5-6,9-14,20,22H,4,7-8,15-18H2,1-3H3,(H,28,31)/t20-,22-/m1/s1. The van der Waals surface area contributed by atoms with Crippen molar-refractivity contribution in [2.75, 3.05) is 17.5 Å². The van der Waals surface area contributed by atoms with Crippen LogP contribution in [0.4, 0.5) is 5.82 Å². The van der Waals surface area contributed by atoms with Crippen LogP contribution in [0.25, 0.3) is 0 Å². The van der Waals surface area contributed by atoms with Gasteiger partial charge in [-0.2, -0.15) is 0 Å². The Morgan fingerprint density at radius 3 is 2.65 bits per heavy atom. The van der Waals surface area contributed by atoms with E-state index < -0.39 is 16.1 Å². The minimum absolute atomic E-state index is 0.102. The maximum atomic E-state index is 13.4. The summed E-state index contributed by atoms with van der Waals surface area (Å²) in [7, 11) is -3.80. The molecular formula is C26H34N4O6S. The molecule has 0 spiro atoms. The fourth-order valence-corrected chi connectivity index (χ4v) is 5.39. The van der Waals surface area contributed by atoms with Gasteiger partial charge >= 0.3 is 5.97 Å². The smallest absolute Gasteiger partial charge is 0.307 e. The van der Waals surface area contributed by atoms with Crippen molar-refractivity contribution in [3.63, 3.8) is 0 Å². The minimum Gasteiger partial charge on any atom is -0.466 e. The molecule has 0 radical (unpaired) electrons. The lowest BCUT2D eigenvalue weighted by Gasteiger charge is -2.23. The lowest BCUT2D eigenvalue weighted by Crippen LogP contribution is -2.36. The number of nitrogens with one attached hydrogen (secondary N) is 1. The maximum Gasteiger partial charge on any atom is 0.307 e. The number of amides is 1. The number of sulfonamides is 1. The predicted molar refractivity (Wildman–Crippen MR) is 140 cm³/mol. The molecule has 1 aromatic carbocycles. The first-order chi connectivity index (χ1) is 17.7. The van der Waals surface area contributed by atoms with E-state index in [0.717, 1.165) is 11.3 Å². The Labute approximate surface area is 218 Å². The van der Waals surface area contributed by atoms with E-state index >= 15 is 0 Å². The van der Waals surface area contributed by atoms with E-state index in [0.29, 0.717) is 31.7 Å². The van der Waals surface area contributed by atoms with Crippen LogP contribution >= 0.6 is 0 Å². The third kappa shape index (κ3) is 8.28. The average molecular weight is 531 g/mol. The number of carbonyl (C=O) groups is 2. The maximum absolute atomic E-state index is 13.4. The van der Waals surface area contributed by atoms with E-state index in [1.54, 1.807) is 62.5 Å². The van der Waals surface area contributed by atoms with Crippen LogP contribution in [-0.2, 0) is 29.2 Å². The molecule has 1 aliphatic heterocycles. The fraction of sp³-hybridized carbons (Fsp3) is 0.462. The molecule has 1 aromatic heterocycles. The highest BCUT2D eigenvalue weighted by molar-refractivity contribution is 7.92. The van der Waals surface area contributed by atoms with E-state index in [-0.39, 0.29) is 42.2 Å². The molecule has 0 fully saturated rings. The first-order valence-corrected chi connectivity index (χ1v) is 13.8. The van der Waals surface area contributed by atoms with Crippen LogP contribution in [0, 0.1) is 6.92 Å². The normalized spacial score (nSPS) is 15.9. The molecule has 0 bridgehead atoms. The van der Waals surface area contributed by atoms with E-state index in [1.165, 1.54) is 4.31 Å². The van der Waals surface area contributed by atoms with Gasteiger partial charge in [0.25, 0.3) is 10.0 Å². The second-order valence-electron chi connectivity index (χ2n) is 8.95. The van der Waals surface area contributed by atoms with Gasteiger partial charge in [-0.15, -0.1) is 0 Å². The van der Waals surface area contributed by atoms with E-state index in [4.69, 9.17) is 9.57 Å². The third-order valence-corrected chi connectivity index (χ3v) is 7.55. The Balaban J connectivity index is 1.52. The number of rotatable bonds is 13. The zero-order valence-corrected chi connectivity index (χ0v) is 22.2. The van der Waals surface area contributed by atoms with Crippen molar-refractivity contribution in [3.8, 4) is 0 Å². The summed E-state index contributed by atoms with van der Waals surface area (Å²) < 4.78 is 33.0. The van der Waals surface area contributed by atoms with Gasteiger partial charge in [0.05, 0.1) is 30.1 Å². The number of esters is 1. The van der Waals surface area contributed by atoms with Crippen molar-refractivity contribution in [2.45, 2.75) is 69.9 Å². The van der Waals surface area contributed by atoms with Gasteiger partial charge in [0.1, 0.15) is 11.9 Å². The summed E-state index contributed by atoms with van der Waals surface area (Å²) in [5.41, 5.74) is 1.74. The number of ether oxygens (including phenoxy) is 1. The molecule has 3 rings (SSSR count). The summed E-state index contributed by atoms with van der Waals surface area (Å²) in [6.45, 7) is 5.88. The molecule has 0 saturated heterocycles. The number of aromatic nitrogens is 1. The van der Waals surface area contributed by atoms with Gasteiger partial charge in [-0.05, 0) is 57.9 Å². The highest BCUT2D eigenvalue weighted by atomic mass is 32.2. The number of anilines is 1. The monoisotopic (exact) mass is 530 g/mol. The summed E-state index contributed by atoms with van der Waals surface area (Å²) in [5.74, 6) is -0.245. The predicted octanol–water partition coefficient (Wildman–Crippen LogP) is 3.36. The van der Waals surface area contributed by atoms with Crippen LogP contribution in [0.5, 0.6) is 0 Å². The molecule has 2 atom stereocenters. The molecule has 37 heavy (non-hydrogen) atoms. The summed E-state index contributed by atoms with van der Waals surface area (Å²) in [6.07, 6.45) is 2.88. The van der Waals surface area contributed by atoms with Gasteiger partial charge in [-0.25, -0.2) is 17.7 Å². The molecule has 1 aliphatic rings. The van der Waals surface area contributed by atoms with Gasteiger partial charge in [0.2, 0.25) is 5.91 Å². The number of aryl methyl sites for hydroxylation is 1. The zero-order chi connectivity index (χ0) is 26.8. The van der Waals surface area contributed by atoms with Crippen LogP contribution < -0.4 is 9.62 Å². The van der Waals surface area contributed by atoms with Gasteiger partial charge in [-0.3, -0.25) is 9.59 Å². The Bertz CT molecular complexity index is 1190. The molecule has 1 N–H and O–H groups in total. The molecule has 2 heterocycles. The number of nitrogens with zero attached hydrogens (tertiary/aromatic N) is 3. The molecule has 10 nitrogen and oxygen atoms in total.